The lowest BCUT2D eigenvalue weighted by Crippen LogP contribution is -2.49. The topological polar surface area (TPSA) is 40.5 Å². The zero-order valence-corrected chi connectivity index (χ0v) is 15.0. The largest absolute Gasteiger partial charge is 0.470 e. The Morgan fingerprint density at radius 3 is 2.65 bits per heavy atom. The van der Waals surface area contributed by atoms with Gasteiger partial charge in [0, 0.05) is 19.6 Å². The van der Waals surface area contributed by atoms with Crippen LogP contribution in [0.5, 0.6) is 0 Å². The van der Waals surface area contributed by atoms with Gasteiger partial charge in [-0.1, -0.05) is 11.6 Å². The minimum atomic E-state index is -0.0290. The first-order valence-corrected chi connectivity index (χ1v) is 9.00. The molecule has 0 spiro atoms. The van der Waals surface area contributed by atoms with Crippen LogP contribution >= 0.6 is 0 Å². The maximum absolute atomic E-state index is 6.36. The van der Waals surface area contributed by atoms with Gasteiger partial charge in [0.15, 0.2) is 6.61 Å². The molecule has 0 aliphatic carbocycles. The molecule has 0 aromatic carbocycles. The van der Waals surface area contributed by atoms with E-state index in [0.717, 1.165) is 38.5 Å². The Hall–Kier alpha value is -0.850. The van der Waals surface area contributed by atoms with Crippen LogP contribution in [0.4, 0.5) is 0 Å². The van der Waals surface area contributed by atoms with Crippen molar-refractivity contribution in [2.45, 2.75) is 31.8 Å². The van der Waals surface area contributed by atoms with Crippen LogP contribution < -0.4 is 0 Å². The zero-order valence-electron chi connectivity index (χ0n) is 15.0. The molecule has 3 aliphatic rings. The highest BCUT2D eigenvalue weighted by Gasteiger charge is 2.46. The summed E-state index contributed by atoms with van der Waals surface area (Å²) < 4.78 is 6.36. The van der Waals surface area contributed by atoms with E-state index < -0.39 is 0 Å². The number of hydrogen-bond donors (Lipinski definition) is 0. The van der Waals surface area contributed by atoms with E-state index in [1.165, 1.54) is 32.4 Å². The van der Waals surface area contributed by atoms with Crippen molar-refractivity contribution in [3.05, 3.63) is 0 Å². The maximum Gasteiger partial charge on any atom is 0.235 e. The molecule has 2 atom stereocenters. The van der Waals surface area contributed by atoms with Crippen molar-refractivity contribution in [2.24, 2.45) is 10.6 Å². The van der Waals surface area contributed by atoms with Crippen LogP contribution in [0.2, 0.25) is 0 Å². The van der Waals surface area contributed by atoms with Crippen molar-refractivity contribution >= 4 is 5.90 Å². The van der Waals surface area contributed by atoms with Crippen molar-refractivity contribution in [1.29, 1.82) is 0 Å². The summed E-state index contributed by atoms with van der Waals surface area (Å²) >= 11 is 0. The van der Waals surface area contributed by atoms with Crippen molar-refractivity contribution in [1.82, 2.24) is 14.7 Å². The fourth-order valence-corrected chi connectivity index (χ4v) is 4.19. The molecule has 6 nitrogen and oxygen atoms in total. The quantitative estimate of drug-likeness (QED) is 0.757. The lowest BCUT2D eigenvalue weighted by atomic mass is 9.86. The van der Waals surface area contributed by atoms with Gasteiger partial charge in [-0.05, 0) is 60.0 Å². The molecule has 3 aliphatic heterocycles. The molecule has 2 unspecified atom stereocenters. The van der Waals surface area contributed by atoms with Crippen LogP contribution in [-0.2, 0) is 9.57 Å². The van der Waals surface area contributed by atoms with Crippen LogP contribution in [0, 0.1) is 5.41 Å². The molecule has 2 fully saturated rings. The summed E-state index contributed by atoms with van der Waals surface area (Å²) in [5.41, 5.74) is -0.0290. The first-order valence-electron chi connectivity index (χ1n) is 9.00. The Labute approximate surface area is 140 Å². The van der Waals surface area contributed by atoms with Gasteiger partial charge in [0.1, 0.15) is 6.10 Å². The predicted molar refractivity (Wildman–Crippen MR) is 91.7 cm³/mol. The molecule has 0 aromatic heterocycles. The standard InChI is InChI=1S/C17H32N4O2/c1-19(2)13-17(7-10-20(3)14-17)16-18-22-12-15(23-16)11-21-8-5-4-6-9-21/h15H,4-14H2,1-3H3. The van der Waals surface area contributed by atoms with E-state index in [1.54, 1.807) is 0 Å². The lowest BCUT2D eigenvalue weighted by Gasteiger charge is -2.37. The molecule has 132 valence electrons. The summed E-state index contributed by atoms with van der Waals surface area (Å²) in [4.78, 5) is 12.7. The van der Waals surface area contributed by atoms with Gasteiger partial charge in [-0.15, -0.1) is 0 Å². The third-order valence-electron chi connectivity index (χ3n) is 5.21. The molecule has 6 heteroatoms. The molecule has 0 N–H and O–H groups in total. The summed E-state index contributed by atoms with van der Waals surface area (Å²) in [6.45, 7) is 6.96. The Kier molecular flexibility index (Phi) is 5.44. The minimum absolute atomic E-state index is 0.0290. The third kappa shape index (κ3) is 4.17. The van der Waals surface area contributed by atoms with Gasteiger partial charge in [0.2, 0.25) is 5.90 Å². The number of nitrogens with zero attached hydrogens (tertiary/aromatic N) is 4. The van der Waals surface area contributed by atoms with Gasteiger partial charge in [-0.25, -0.2) is 0 Å². The summed E-state index contributed by atoms with van der Waals surface area (Å²) in [7, 11) is 6.41. The molecule has 0 aromatic rings. The second-order valence-corrected chi connectivity index (χ2v) is 7.80. The summed E-state index contributed by atoms with van der Waals surface area (Å²) in [5, 5.41) is 4.34. The van der Waals surface area contributed by atoms with Crippen LogP contribution in [-0.4, -0.2) is 93.7 Å². The van der Waals surface area contributed by atoms with Gasteiger partial charge in [0.05, 0.1) is 5.41 Å². The van der Waals surface area contributed by atoms with Gasteiger partial charge in [-0.3, -0.25) is 4.90 Å². The van der Waals surface area contributed by atoms with Gasteiger partial charge < -0.3 is 19.4 Å². The van der Waals surface area contributed by atoms with E-state index in [4.69, 9.17) is 9.57 Å². The number of likely N-dealkylation sites (tertiary alicyclic amines) is 2. The molecule has 3 heterocycles. The number of rotatable bonds is 5. The molecule has 0 radical (unpaired) electrons. The lowest BCUT2D eigenvalue weighted by molar-refractivity contribution is -0.0227. The molecule has 2 saturated heterocycles. The first-order chi connectivity index (χ1) is 11.1. The van der Waals surface area contributed by atoms with Gasteiger partial charge in [0.25, 0.3) is 0 Å². The Morgan fingerprint density at radius 2 is 2.00 bits per heavy atom. The van der Waals surface area contributed by atoms with Crippen molar-refractivity contribution in [3.8, 4) is 0 Å². The fourth-order valence-electron chi connectivity index (χ4n) is 4.19. The van der Waals surface area contributed by atoms with E-state index in [-0.39, 0.29) is 11.5 Å². The van der Waals surface area contributed by atoms with Crippen LogP contribution in [0.15, 0.2) is 5.16 Å². The normalized spacial score (nSPS) is 33.4. The van der Waals surface area contributed by atoms with E-state index >= 15 is 0 Å². The van der Waals surface area contributed by atoms with Gasteiger partial charge in [-0.2, -0.15) is 0 Å². The van der Waals surface area contributed by atoms with Crippen molar-refractivity contribution in [3.63, 3.8) is 0 Å². The highest BCUT2D eigenvalue weighted by molar-refractivity contribution is 5.83. The number of hydrogen-bond acceptors (Lipinski definition) is 6. The average molecular weight is 324 g/mol. The first kappa shape index (κ1) is 17.0. The second kappa shape index (κ2) is 7.36. The SMILES string of the molecule is CN(C)CC1(C2=NOCC(CN3CCCCC3)O2)CCN(C)C1. The van der Waals surface area contributed by atoms with E-state index in [9.17, 15) is 0 Å². The number of oxime groups is 1. The fraction of sp³-hybridized carbons (Fsp3) is 0.941. The summed E-state index contributed by atoms with van der Waals surface area (Å²) in [6, 6.07) is 0. The monoisotopic (exact) mass is 324 g/mol. The molecule has 0 bridgehead atoms. The molecule has 3 rings (SSSR count). The molecule has 23 heavy (non-hydrogen) atoms. The molecule has 0 saturated carbocycles. The number of piperidine rings is 1. The number of ether oxygens (including phenoxy) is 1. The third-order valence-corrected chi connectivity index (χ3v) is 5.21. The molecular formula is C17H32N4O2. The van der Waals surface area contributed by atoms with E-state index in [1.807, 2.05) is 0 Å². The second-order valence-electron chi connectivity index (χ2n) is 7.80. The molecular weight excluding hydrogens is 292 g/mol. The van der Waals surface area contributed by atoms with Crippen LogP contribution in [0.25, 0.3) is 0 Å². The highest BCUT2D eigenvalue weighted by Crippen LogP contribution is 2.34. The summed E-state index contributed by atoms with van der Waals surface area (Å²) in [6.07, 6.45) is 5.18. The van der Waals surface area contributed by atoms with Crippen molar-refractivity contribution < 1.29 is 9.57 Å². The van der Waals surface area contributed by atoms with Crippen molar-refractivity contribution in [2.75, 3.05) is 67.0 Å². The average Bonchev–Trinajstić information content (AvgIpc) is 2.90. The zero-order chi connectivity index (χ0) is 16.3. The molecule has 0 amide bonds. The van der Waals surface area contributed by atoms with Gasteiger partial charge >= 0.3 is 0 Å². The minimum Gasteiger partial charge on any atom is -0.470 e. The summed E-state index contributed by atoms with van der Waals surface area (Å²) in [5.74, 6) is 0.823. The Bertz CT molecular complexity index is 423. The smallest absolute Gasteiger partial charge is 0.235 e. The predicted octanol–water partition coefficient (Wildman–Crippen LogP) is 1.08. The van der Waals surface area contributed by atoms with Crippen LogP contribution in [0.3, 0.4) is 0 Å². The van der Waals surface area contributed by atoms with E-state index in [0.29, 0.717) is 6.61 Å². The maximum atomic E-state index is 6.36. The highest BCUT2D eigenvalue weighted by atomic mass is 16.7. The Balaban J connectivity index is 1.64. The van der Waals surface area contributed by atoms with E-state index in [2.05, 4.69) is 41.0 Å². The van der Waals surface area contributed by atoms with Crippen LogP contribution in [0.1, 0.15) is 25.7 Å². The Morgan fingerprint density at radius 1 is 1.22 bits per heavy atom.